The molecular weight excluding hydrogens is 332 g/mol. The van der Waals surface area contributed by atoms with Gasteiger partial charge in [0.15, 0.2) is 11.5 Å². The summed E-state index contributed by atoms with van der Waals surface area (Å²) in [4.78, 5) is 25.8. The smallest absolute Gasteiger partial charge is 0.228 e. The number of nitrogens with zero attached hydrogens (tertiary/aromatic N) is 1. The van der Waals surface area contributed by atoms with Crippen LogP contribution in [0.3, 0.4) is 0 Å². The van der Waals surface area contributed by atoms with Crippen molar-refractivity contribution in [2.45, 2.75) is 19.3 Å². The van der Waals surface area contributed by atoms with E-state index in [-0.39, 0.29) is 18.2 Å². The SMILES string of the molecule is COc1ccc(CC(=O)Nc2ccc(N3CCCC3=O)cc2)cc1OC. The van der Waals surface area contributed by atoms with Gasteiger partial charge in [0.1, 0.15) is 0 Å². The minimum Gasteiger partial charge on any atom is -0.493 e. The summed E-state index contributed by atoms with van der Waals surface area (Å²) in [5.74, 6) is 1.25. The Morgan fingerprint density at radius 3 is 2.42 bits per heavy atom. The van der Waals surface area contributed by atoms with Crippen LogP contribution in [0.15, 0.2) is 42.5 Å². The van der Waals surface area contributed by atoms with Crippen LogP contribution < -0.4 is 19.7 Å². The van der Waals surface area contributed by atoms with Crippen molar-refractivity contribution in [1.29, 1.82) is 0 Å². The molecule has 6 heteroatoms. The first kappa shape index (κ1) is 17.8. The fourth-order valence-corrected chi connectivity index (χ4v) is 3.03. The molecule has 1 fully saturated rings. The quantitative estimate of drug-likeness (QED) is 0.866. The lowest BCUT2D eigenvalue weighted by molar-refractivity contribution is -0.117. The van der Waals surface area contributed by atoms with Gasteiger partial charge in [-0.05, 0) is 48.4 Å². The normalized spacial score (nSPS) is 13.6. The van der Waals surface area contributed by atoms with Gasteiger partial charge in [-0.1, -0.05) is 6.07 Å². The molecule has 0 saturated carbocycles. The molecule has 6 nitrogen and oxygen atoms in total. The average Bonchev–Trinajstić information content (AvgIpc) is 3.08. The number of benzene rings is 2. The van der Waals surface area contributed by atoms with Gasteiger partial charge < -0.3 is 19.7 Å². The number of carbonyl (C=O) groups excluding carboxylic acids is 2. The number of amides is 2. The Morgan fingerprint density at radius 1 is 1.08 bits per heavy atom. The predicted octanol–water partition coefficient (Wildman–Crippen LogP) is 3.01. The molecule has 1 aliphatic heterocycles. The molecule has 2 amide bonds. The molecule has 1 aliphatic rings. The van der Waals surface area contributed by atoms with E-state index in [1.165, 1.54) is 0 Å². The van der Waals surface area contributed by atoms with Crippen LogP contribution in [0.4, 0.5) is 11.4 Å². The van der Waals surface area contributed by atoms with Gasteiger partial charge in [0.05, 0.1) is 20.6 Å². The van der Waals surface area contributed by atoms with Crippen molar-refractivity contribution in [3.05, 3.63) is 48.0 Å². The van der Waals surface area contributed by atoms with E-state index in [1.54, 1.807) is 31.3 Å². The van der Waals surface area contributed by atoms with Crippen molar-refractivity contribution in [3.8, 4) is 11.5 Å². The van der Waals surface area contributed by atoms with Gasteiger partial charge in [0.2, 0.25) is 11.8 Å². The van der Waals surface area contributed by atoms with Crippen LogP contribution in [-0.4, -0.2) is 32.6 Å². The van der Waals surface area contributed by atoms with Gasteiger partial charge in [-0.2, -0.15) is 0 Å². The van der Waals surface area contributed by atoms with E-state index < -0.39 is 0 Å². The summed E-state index contributed by atoms with van der Waals surface area (Å²) in [7, 11) is 3.14. The first-order chi connectivity index (χ1) is 12.6. The maximum Gasteiger partial charge on any atom is 0.228 e. The monoisotopic (exact) mass is 354 g/mol. The fourth-order valence-electron chi connectivity index (χ4n) is 3.03. The number of hydrogen-bond donors (Lipinski definition) is 1. The molecule has 136 valence electrons. The molecule has 0 aromatic heterocycles. The highest BCUT2D eigenvalue weighted by molar-refractivity contribution is 5.96. The molecule has 26 heavy (non-hydrogen) atoms. The van der Waals surface area contributed by atoms with Gasteiger partial charge in [-0.3, -0.25) is 9.59 Å². The van der Waals surface area contributed by atoms with Crippen LogP contribution in [0.2, 0.25) is 0 Å². The summed E-state index contributed by atoms with van der Waals surface area (Å²) in [6, 6.07) is 12.7. The lowest BCUT2D eigenvalue weighted by Gasteiger charge is -2.16. The van der Waals surface area contributed by atoms with Crippen LogP contribution >= 0.6 is 0 Å². The molecular formula is C20H22N2O4. The summed E-state index contributed by atoms with van der Waals surface area (Å²) in [5.41, 5.74) is 2.40. The standard InChI is InChI=1S/C20H22N2O4/c1-25-17-10-5-14(12-18(17)26-2)13-19(23)21-15-6-8-16(9-7-15)22-11-3-4-20(22)24/h5-10,12H,3-4,11,13H2,1-2H3,(H,21,23). The number of methoxy groups -OCH3 is 2. The van der Waals surface area contributed by atoms with Gasteiger partial charge in [-0.15, -0.1) is 0 Å². The molecule has 3 rings (SSSR count). The van der Waals surface area contributed by atoms with Crippen LogP contribution in [0.5, 0.6) is 11.5 Å². The van der Waals surface area contributed by atoms with E-state index in [4.69, 9.17) is 9.47 Å². The summed E-state index contributed by atoms with van der Waals surface area (Å²) in [6.07, 6.45) is 1.72. The molecule has 1 N–H and O–H groups in total. The summed E-state index contributed by atoms with van der Waals surface area (Å²) in [6.45, 7) is 0.754. The van der Waals surface area contributed by atoms with E-state index >= 15 is 0 Å². The Hall–Kier alpha value is -3.02. The minimum atomic E-state index is -0.123. The van der Waals surface area contributed by atoms with Crippen molar-refractivity contribution in [1.82, 2.24) is 0 Å². The highest BCUT2D eigenvalue weighted by Crippen LogP contribution is 2.28. The predicted molar refractivity (Wildman–Crippen MR) is 99.9 cm³/mol. The van der Waals surface area contributed by atoms with E-state index in [0.29, 0.717) is 23.6 Å². The third-order valence-electron chi connectivity index (χ3n) is 4.35. The van der Waals surface area contributed by atoms with Gasteiger partial charge in [0, 0.05) is 24.3 Å². The lowest BCUT2D eigenvalue weighted by Crippen LogP contribution is -2.23. The zero-order chi connectivity index (χ0) is 18.5. The van der Waals surface area contributed by atoms with Crippen molar-refractivity contribution < 1.29 is 19.1 Å². The number of ether oxygens (including phenoxy) is 2. The van der Waals surface area contributed by atoms with Gasteiger partial charge >= 0.3 is 0 Å². The van der Waals surface area contributed by atoms with Crippen LogP contribution in [0.25, 0.3) is 0 Å². The van der Waals surface area contributed by atoms with E-state index in [9.17, 15) is 9.59 Å². The largest absolute Gasteiger partial charge is 0.493 e. The molecule has 2 aromatic carbocycles. The molecule has 0 bridgehead atoms. The molecule has 0 aliphatic carbocycles. The molecule has 0 spiro atoms. The van der Waals surface area contributed by atoms with Crippen LogP contribution in [-0.2, 0) is 16.0 Å². The third kappa shape index (κ3) is 3.96. The maximum absolute atomic E-state index is 12.3. The lowest BCUT2D eigenvalue weighted by atomic mass is 10.1. The Morgan fingerprint density at radius 2 is 1.81 bits per heavy atom. The summed E-state index contributed by atoms with van der Waals surface area (Å²) < 4.78 is 10.5. The van der Waals surface area contributed by atoms with Gasteiger partial charge in [-0.25, -0.2) is 0 Å². The third-order valence-corrected chi connectivity index (χ3v) is 4.35. The molecule has 0 radical (unpaired) electrons. The first-order valence-electron chi connectivity index (χ1n) is 8.52. The van der Waals surface area contributed by atoms with E-state index in [0.717, 1.165) is 24.2 Å². The summed E-state index contributed by atoms with van der Waals surface area (Å²) >= 11 is 0. The van der Waals surface area contributed by atoms with Crippen molar-refractivity contribution in [3.63, 3.8) is 0 Å². The zero-order valence-corrected chi connectivity index (χ0v) is 15.0. The second kappa shape index (κ2) is 7.91. The number of rotatable bonds is 6. The number of carbonyl (C=O) groups is 2. The van der Waals surface area contributed by atoms with E-state index in [1.807, 2.05) is 30.3 Å². The topological polar surface area (TPSA) is 67.9 Å². The molecule has 0 unspecified atom stereocenters. The maximum atomic E-state index is 12.3. The minimum absolute atomic E-state index is 0.123. The van der Waals surface area contributed by atoms with Crippen LogP contribution in [0.1, 0.15) is 18.4 Å². The summed E-state index contributed by atoms with van der Waals surface area (Å²) in [5, 5.41) is 2.87. The molecule has 1 saturated heterocycles. The number of hydrogen-bond acceptors (Lipinski definition) is 4. The molecule has 1 heterocycles. The Balaban J connectivity index is 1.62. The van der Waals surface area contributed by atoms with E-state index in [2.05, 4.69) is 5.32 Å². The Labute approximate surface area is 152 Å². The zero-order valence-electron chi connectivity index (χ0n) is 15.0. The highest BCUT2D eigenvalue weighted by atomic mass is 16.5. The number of nitrogens with one attached hydrogen (secondary N) is 1. The van der Waals surface area contributed by atoms with Gasteiger partial charge in [0.25, 0.3) is 0 Å². The Bertz CT molecular complexity index is 802. The first-order valence-corrected chi connectivity index (χ1v) is 8.52. The second-order valence-electron chi connectivity index (χ2n) is 6.11. The average molecular weight is 354 g/mol. The van der Waals surface area contributed by atoms with Crippen molar-refractivity contribution >= 4 is 23.2 Å². The molecule has 0 atom stereocenters. The van der Waals surface area contributed by atoms with Crippen LogP contribution in [0, 0.1) is 0 Å². The van der Waals surface area contributed by atoms with Crippen molar-refractivity contribution in [2.24, 2.45) is 0 Å². The van der Waals surface area contributed by atoms with Crippen molar-refractivity contribution in [2.75, 3.05) is 31.0 Å². The second-order valence-corrected chi connectivity index (χ2v) is 6.11. The fraction of sp³-hybridized carbons (Fsp3) is 0.300. The number of anilines is 2. The molecule has 2 aromatic rings. The highest BCUT2D eigenvalue weighted by Gasteiger charge is 2.21. The Kier molecular flexibility index (Phi) is 5.41.